The molecule has 1 fully saturated rings. The molecular formula is C14H22BrN3O. The summed E-state index contributed by atoms with van der Waals surface area (Å²) in [6.07, 6.45) is 0. The molecule has 1 atom stereocenters. The number of piperazine rings is 1. The van der Waals surface area contributed by atoms with Gasteiger partial charge >= 0.3 is 0 Å². The van der Waals surface area contributed by atoms with Gasteiger partial charge in [0.1, 0.15) is 5.75 Å². The molecule has 0 saturated carbocycles. The van der Waals surface area contributed by atoms with Crippen LogP contribution in [0.25, 0.3) is 0 Å². The minimum atomic E-state index is 0.525. The van der Waals surface area contributed by atoms with Crippen molar-refractivity contribution >= 4 is 15.9 Å². The molecule has 5 heteroatoms. The third kappa shape index (κ3) is 4.45. The Kier molecular flexibility index (Phi) is 5.63. The maximum absolute atomic E-state index is 5.38. The first-order valence-electron chi connectivity index (χ1n) is 6.64. The van der Waals surface area contributed by atoms with Gasteiger partial charge in [-0.05, 0) is 25.2 Å². The zero-order valence-electron chi connectivity index (χ0n) is 11.6. The second-order valence-corrected chi connectivity index (χ2v) is 5.92. The van der Waals surface area contributed by atoms with Crippen LogP contribution < -0.4 is 15.4 Å². The highest BCUT2D eigenvalue weighted by molar-refractivity contribution is 9.10. The monoisotopic (exact) mass is 327 g/mol. The summed E-state index contributed by atoms with van der Waals surface area (Å²) in [5.41, 5.74) is 1.18. The zero-order valence-corrected chi connectivity index (χ0v) is 13.2. The molecule has 1 aliphatic rings. The summed E-state index contributed by atoms with van der Waals surface area (Å²) in [4.78, 5) is 2.36. The lowest BCUT2D eigenvalue weighted by Crippen LogP contribution is -2.52. The van der Waals surface area contributed by atoms with Crippen molar-refractivity contribution in [3.63, 3.8) is 0 Å². The van der Waals surface area contributed by atoms with Gasteiger partial charge in [-0.15, -0.1) is 0 Å². The van der Waals surface area contributed by atoms with Crippen molar-refractivity contribution in [3.8, 4) is 5.75 Å². The highest BCUT2D eigenvalue weighted by Gasteiger charge is 2.15. The fourth-order valence-electron chi connectivity index (χ4n) is 2.39. The Morgan fingerprint density at radius 3 is 3.11 bits per heavy atom. The fourth-order valence-corrected chi connectivity index (χ4v) is 2.80. The van der Waals surface area contributed by atoms with Crippen LogP contribution in [0.5, 0.6) is 5.75 Å². The van der Waals surface area contributed by atoms with Crippen LogP contribution in [0.1, 0.15) is 5.56 Å². The van der Waals surface area contributed by atoms with Crippen molar-refractivity contribution < 1.29 is 4.74 Å². The summed E-state index contributed by atoms with van der Waals surface area (Å²) in [5, 5.41) is 7.03. The van der Waals surface area contributed by atoms with E-state index in [1.165, 1.54) is 5.56 Å². The number of nitrogens with one attached hydrogen (secondary N) is 2. The molecule has 2 rings (SSSR count). The summed E-state index contributed by atoms with van der Waals surface area (Å²) in [6, 6.07) is 6.62. The molecule has 4 nitrogen and oxygen atoms in total. The van der Waals surface area contributed by atoms with E-state index in [9.17, 15) is 0 Å². The van der Waals surface area contributed by atoms with E-state index in [1.54, 1.807) is 7.11 Å². The number of hydrogen-bond donors (Lipinski definition) is 2. The number of rotatable bonds is 5. The van der Waals surface area contributed by atoms with Crippen LogP contribution in [0.4, 0.5) is 0 Å². The minimum absolute atomic E-state index is 0.525. The largest absolute Gasteiger partial charge is 0.496 e. The SMILES string of the molecule is COc1ccc(Br)cc1CNCC1CN(C)CCN1. The van der Waals surface area contributed by atoms with Gasteiger partial charge in [0.15, 0.2) is 0 Å². The lowest BCUT2D eigenvalue weighted by Gasteiger charge is -2.31. The van der Waals surface area contributed by atoms with Gasteiger partial charge in [-0.25, -0.2) is 0 Å². The normalized spacial score (nSPS) is 20.5. The molecule has 106 valence electrons. The van der Waals surface area contributed by atoms with Crippen molar-refractivity contribution in [1.82, 2.24) is 15.5 Å². The Morgan fingerprint density at radius 2 is 2.37 bits per heavy atom. The Bertz CT molecular complexity index is 414. The number of benzene rings is 1. The van der Waals surface area contributed by atoms with Gasteiger partial charge in [-0.1, -0.05) is 15.9 Å². The van der Waals surface area contributed by atoms with Gasteiger partial charge in [0.2, 0.25) is 0 Å². The molecule has 1 saturated heterocycles. The third-order valence-electron chi connectivity index (χ3n) is 3.41. The van der Waals surface area contributed by atoms with Gasteiger partial charge < -0.3 is 20.3 Å². The predicted octanol–water partition coefficient (Wildman–Crippen LogP) is 1.45. The van der Waals surface area contributed by atoms with Crippen molar-refractivity contribution in [2.75, 3.05) is 40.3 Å². The van der Waals surface area contributed by atoms with E-state index in [0.717, 1.165) is 42.9 Å². The Balaban J connectivity index is 1.83. The molecule has 1 aromatic carbocycles. The van der Waals surface area contributed by atoms with E-state index in [-0.39, 0.29) is 0 Å². The summed E-state index contributed by atoms with van der Waals surface area (Å²) in [7, 11) is 3.88. The highest BCUT2D eigenvalue weighted by atomic mass is 79.9. The van der Waals surface area contributed by atoms with E-state index >= 15 is 0 Å². The van der Waals surface area contributed by atoms with Crippen LogP contribution in [0.3, 0.4) is 0 Å². The van der Waals surface area contributed by atoms with Gasteiger partial charge in [-0.3, -0.25) is 0 Å². The highest BCUT2D eigenvalue weighted by Crippen LogP contribution is 2.22. The number of hydrogen-bond acceptors (Lipinski definition) is 4. The first kappa shape index (κ1) is 14.8. The van der Waals surface area contributed by atoms with Crippen LogP contribution in [0.2, 0.25) is 0 Å². The summed E-state index contributed by atoms with van der Waals surface area (Å²) in [5.74, 6) is 0.935. The topological polar surface area (TPSA) is 36.5 Å². The molecule has 0 amide bonds. The van der Waals surface area contributed by atoms with Crippen molar-refractivity contribution in [2.45, 2.75) is 12.6 Å². The van der Waals surface area contributed by atoms with E-state index in [1.807, 2.05) is 12.1 Å². The van der Waals surface area contributed by atoms with Crippen LogP contribution in [0.15, 0.2) is 22.7 Å². The fraction of sp³-hybridized carbons (Fsp3) is 0.571. The molecule has 0 aromatic heterocycles. The van der Waals surface area contributed by atoms with E-state index in [4.69, 9.17) is 4.74 Å². The molecule has 1 unspecified atom stereocenters. The second-order valence-electron chi connectivity index (χ2n) is 5.00. The van der Waals surface area contributed by atoms with Crippen LogP contribution in [-0.4, -0.2) is 51.3 Å². The van der Waals surface area contributed by atoms with Crippen LogP contribution in [0, 0.1) is 0 Å². The average molecular weight is 328 g/mol. The first-order chi connectivity index (χ1) is 9.19. The quantitative estimate of drug-likeness (QED) is 0.858. The molecule has 19 heavy (non-hydrogen) atoms. The number of nitrogens with zero attached hydrogens (tertiary/aromatic N) is 1. The Labute approximate surface area is 123 Å². The second kappa shape index (κ2) is 7.24. The van der Waals surface area contributed by atoms with Crippen molar-refractivity contribution in [2.24, 2.45) is 0 Å². The molecule has 1 aromatic rings. The minimum Gasteiger partial charge on any atom is -0.496 e. The number of likely N-dealkylation sites (N-methyl/N-ethyl adjacent to an activating group) is 1. The maximum atomic E-state index is 5.38. The van der Waals surface area contributed by atoms with Crippen LogP contribution >= 0.6 is 15.9 Å². The lowest BCUT2D eigenvalue weighted by atomic mass is 10.2. The van der Waals surface area contributed by atoms with E-state index in [0.29, 0.717) is 6.04 Å². The number of halogens is 1. The number of methoxy groups -OCH3 is 1. The summed E-state index contributed by atoms with van der Waals surface area (Å²) >= 11 is 3.50. The first-order valence-corrected chi connectivity index (χ1v) is 7.43. The predicted molar refractivity (Wildman–Crippen MR) is 81.7 cm³/mol. The lowest BCUT2D eigenvalue weighted by molar-refractivity contribution is 0.235. The molecule has 1 heterocycles. The van der Waals surface area contributed by atoms with Crippen LogP contribution in [-0.2, 0) is 6.54 Å². The van der Waals surface area contributed by atoms with Gasteiger partial charge in [0, 0.05) is 48.8 Å². The zero-order chi connectivity index (χ0) is 13.7. The van der Waals surface area contributed by atoms with Gasteiger partial charge in [0.05, 0.1) is 7.11 Å². The van der Waals surface area contributed by atoms with Crippen molar-refractivity contribution in [3.05, 3.63) is 28.2 Å². The Morgan fingerprint density at radius 1 is 1.53 bits per heavy atom. The summed E-state index contributed by atoms with van der Waals surface area (Å²) < 4.78 is 6.46. The molecule has 0 spiro atoms. The molecule has 0 radical (unpaired) electrons. The number of ether oxygens (including phenoxy) is 1. The smallest absolute Gasteiger partial charge is 0.123 e. The molecule has 0 bridgehead atoms. The molecule has 0 aliphatic carbocycles. The summed E-state index contributed by atoms with van der Waals surface area (Å²) in [6.45, 7) is 5.10. The van der Waals surface area contributed by atoms with E-state index in [2.05, 4.69) is 44.6 Å². The van der Waals surface area contributed by atoms with Crippen molar-refractivity contribution in [1.29, 1.82) is 0 Å². The molecular weight excluding hydrogens is 306 g/mol. The van der Waals surface area contributed by atoms with E-state index < -0.39 is 0 Å². The third-order valence-corrected chi connectivity index (χ3v) is 3.90. The average Bonchev–Trinajstić information content (AvgIpc) is 2.39. The molecule has 2 N–H and O–H groups in total. The molecule has 1 aliphatic heterocycles. The maximum Gasteiger partial charge on any atom is 0.123 e. The standard InChI is InChI=1S/C14H22BrN3O/c1-18-6-5-17-13(10-18)9-16-8-11-7-12(15)3-4-14(11)19-2/h3-4,7,13,16-17H,5-6,8-10H2,1-2H3. The van der Waals surface area contributed by atoms with Gasteiger partial charge in [0.25, 0.3) is 0 Å². The Hall–Kier alpha value is -0.620. The van der Waals surface area contributed by atoms with Gasteiger partial charge in [-0.2, -0.15) is 0 Å².